The third kappa shape index (κ3) is 4.82. The fraction of sp³-hybridized carbons (Fsp3) is 0.526. The molecule has 0 aliphatic rings. The monoisotopic (exact) mass is 364 g/mol. The van der Waals surface area contributed by atoms with Crippen molar-refractivity contribution in [3.8, 4) is 5.75 Å². The Kier molecular flexibility index (Phi) is 7.76. The standard InChI is InChI=1S/C19H28N2O5/c1-5-13(3)19(4,12-22)21(18(25)26-6-2)17(24)16(20)11-14-7-9-15(23)10-8-14/h7-10,12-13,16,23H,5-6,11,20H2,1-4H3/t13-,16-,19+/m0/s1. The van der Waals surface area contributed by atoms with Crippen LogP contribution in [0.4, 0.5) is 4.79 Å². The average molecular weight is 364 g/mol. The van der Waals surface area contributed by atoms with Crippen LogP contribution in [0.15, 0.2) is 24.3 Å². The van der Waals surface area contributed by atoms with Crippen molar-refractivity contribution in [1.82, 2.24) is 4.90 Å². The smallest absolute Gasteiger partial charge is 0.417 e. The highest BCUT2D eigenvalue weighted by molar-refractivity contribution is 5.98. The predicted molar refractivity (Wildman–Crippen MR) is 97.6 cm³/mol. The number of nitrogens with two attached hydrogens (primary N) is 1. The summed E-state index contributed by atoms with van der Waals surface area (Å²) in [4.78, 5) is 38.1. The van der Waals surface area contributed by atoms with Crippen LogP contribution in [-0.4, -0.2) is 46.5 Å². The molecule has 3 N–H and O–H groups in total. The summed E-state index contributed by atoms with van der Waals surface area (Å²) in [5.41, 5.74) is 5.41. The molecule has 0 radical (unpaired) electrons. The van der Waals surface area contributed by atoms with Gasteiger partial charge in [0.1, 0.15) is 17.6 Å². The van der Waals surface area contributed by atoms with Crippen molar-refractivity contribution in [3.05, 3.63) is 29.8 Å². The third-order valence-corrected chi connectivity index (χ3v) is 4.71. The number of phenols is 1. The van der Waals surface area contributed by atoms with Crippen molar-refractivity contribution >= 4 is 18.3 Å². The van der Waals surface area contributed by atoms with E-state index in [-0.39, 0.29) is 24.7 Å². The number of phenolic OH excluding ortho intramolecular Hbond substituents is 1. The van der Waals surface area contributed by atoms with Crippen LogP contribution in [0.25, 0.3) is 0 Å². The van der Waals surface area contributed by atoms with Crippen LogP contribution < -0.4 is 5.73 Å². The molecular weight excluding hydrogens is 336 g/mol. The Hall–Kier alpha value is -2.41. The van der Waals surface area contributed by atoms with Crippen LogP contribution >= 0.6 is 0 Å². The number of rotatable bonds is 8. The van der Waals surface area contributed by atoms with Gasteiger partial charge in [0.15, 0.2) is 0 Å². The molecule has 0 aromatic heterocycles. The fourth-order valence-corrected chi connectivity index (χ4v) is 2.65. The first-order chi connectivity index (χ1) is 12.2. The molecule has 0 bridgehead atoms. The first-order valence-electron chi connectivity index (χ1n) is 8.71. The molecule has 2 amide bonds. The summed E-state index contributed by atoms with van der Waals surface area (Å²) in [5, 5.41) is 9.34. The number of carbonyl (C=O) groups is 3. The molecule has 0 unspecified atom stereocenters. The summed E-state index contributed by atoms with van der Waals surface area (Å²) in [6.07, 6.45) is 0.466. The number of aromatic hydroxyl groups is 1. The van der Waals surface area contributed by atoms with Crippen LogP contribution in [-0.2, 0) is 20.7 Å². The topological polar surface area (TPSA) is 110 Å². The Morgan fingerprint density at radius 3 is 2.35 bits per heavy atom. The van der Waals surface area contributed by atoms with Crippen molar-refractivity contribution in [3.63, 3.8) is 0 Å². The van der Waals surface area contributed by atoms with Crippen molar-refractivity contribution in [2.75, 3.05) is 6.61 Å². The number of nitrogens with zero attached hydrogens (tertiary/aromatic N) is 1. The van der Waals surface area contributed by atoms with E-state index in [0.29, 0.717) is 12.7 Å². The largest absolute Gasteiger partial charge is 0.508 e. The first-order valence-corrected chi connectivity index (χ1v) is 8.71. The molecule has 0 saturated heterocycles. The lowest BCUT2D eigenvalue weighted by atomic mass is 9.84. The number of carbonyl (C=O) groups excluding carboxylic acids is 3. The quantitative estimate of drug-likeness (QED) is 0.685. The molecule has 7 heteroatoms. The maximum atomic E-state index is 12.9. The second-order valence-electron chi connectivity index (χ2n) is 6.50. The van der Waals surface area contributed by atoms with Gasteiger partial charge in [0, 0.05) is 0 Å². The summed E-state index contributed by atoms with van der Waals surface area (Å²) in [6.45, 7) is 6.90. The van der Waals surface area contributed by atoms with Gasteiger partial charge in [-0.15, -0.1) is 0 Å². The number of hydrogen-bond acceptors (Lipinski definition) is 6. The molecule has 0 spiro atoms. The van der Waals surface area contributed by atoms with Gasteiger partial charge in [-0.05, 0) is 43.9 Å². The number of benzene rings is 1. The summed E-state index contributed by atoms with van der Waals surface area (Å²) >= 11 is 0. The molecule has 0 saturated carbocycles. The Labute approximate surface area is 154 Å². The highest BCUT2D eigenvalue weighted by Crippen LogP contribution is 2.27. The van der Waals surface area contributed by atoms with E-state index in [9.17, 15) is 19.5 Å². The zero-order valence-electron chi connectivity index (χ0n) is 15.8. The van der Waals surface area contributed by atoms with Gasteiger partial charge in [0.05, 0.1) is 12.6 Å². The van der Waals surface area contributed by atoms with E-state index in [0.717, 1.165) is 10.5 Å². The lowest BCUT2D eigenvalue weighted by molar-refractivity contribution is -0.142. The van der Waals surface area contributed by atoms with Gasteiger partial charge in [0.25, 0.3) is 0 Å². The van der Waals surface area contributed by atoms with E-state index in [2.05, 4.69) is 0 Å². The number of ether oxygens (including phenoxy) is 1. The summed E-state index contributed by atoms with van der Waals surface area (Å²) in [5.74, 6) is -0.840. The molecule has 0 aliphatic carbocycles. The van der Waals surface area contributed by atoms with Crippen molar-refractivity contribution < 1.29 is 24.2 Å². The Morgan fingerprint density at radius 2 is 1.88 bits per heavy atom. The first kappa shape index (κ1) is 21.6. The zero-order valence-corrected chi connectivity index (χ0v) is 15.8. The van der Waals surface area contributed by atoms with Gasteiger partial charge in [0.2, 0.25) is 5.91 Å². The van der Waals surface area contributed by atoms with Crippen LogP contribution in [0.2, 0.25) is 0 Å². The molecule has 0 heterocycles. The Bertz CT molecular complexity index is 631. The number of hydrogen-bond donors (Lipinski definition) is 2. The van der Waals surface area contributed by atoms with Crippen molar-refractivity contribution in [1.29, 1.82) is 0 Å². The number of amides is 2. The summed E-state index contributed by atoms with van der Waals surface area (Å²) < 4.78 is 5.00. The highest BCUT2D eigenvalue weighted by Gasteiger charge is 2.45. The maximum absolute atomic E-state index is 12.9. The van der Waals surface area contributed by atoms with Gasteiger partial charge < -0.3 is 20.4 Å². The van der Waals surface area contributed by atoms with Gasteiger partial charge in [-0.25, -0.2) is 9.69 Å². The summed E-state index contributed by atoms with van der Waals surface area (Å²) in [6, 6.07) is 5.23. The predicted octanol–water partition coefficient (Wildman–Crippen LogP) is 2.25. The number of aldehydes is 1. The second kappa shape index (κ2) is 9.33. The van der Waals surface area contributed by atoms with Crippen LogP contribution in [0.3, 0.4) is 0 Å². The molecule has 0 aliphatic heterocycles. The van der Waals surface area contributed by atoms with E-state index in [1.165, 1.54) is 19.1 Å². The normalized spacial score (nSPS) is 15.4. The molecule has 0 fully saturated rings. The zero-order chi connectivity index (χ0) is 19.9. The molecule has 1 rings (SSSR count). The van der Waals surface area contributed by atoms with Crippen LogP contribution in [0.5, 0.6) is 5.75 Å². The maximum Gasteiger partial charge on any atom is 0.417 e. The van der Waals surface area contributed by atoms with E-state index < -0.39 is 23.6 Å². The van der Waals surface area contributed by atoms with Crippen molar-refractivity contribution in [2.45, 2.75) is 52.1 Å². The lowest BCUT2D eigenvalue weighted by Crippen LogP contribution is -2.61. The van der Waals surface area contributed by atoms with E-state index in [1.54, 1.807) is 26.0 Å². The average Bonchev–Trinajstić information content (AvgIpc) is 2.62. The van der Waals surface area contributed by atoms with Gasteiger partial charge in [-0.3, -0.25) is 4.79 Å². The second-order valence-corrected chi connectivity index (χ2v) is 6.50. The van der Waals surface area contributed by atoms with E-state index >= 15 is 0 Å². The Balaban J connectivity index is 3.15. The van der Waals surface area contributed by atoms with Crippen molar-refractivity contribution in [2.24, 2.45) is 11.7 Å². The minimum atomic E-state index is -1.36. The minimum absolute atomic E-state index is 0.0747. The number of imide groups is 1. The fourth-order valence-electron chi connectivity index (χ4n) is 2.65. The van der Waals surface area contributed by atoms with Crippen LogP contribution in [0, 0.1) is 5.92 Å². The lowest BCUT2D eigenvalue weighted by Gasteiger charge is -2.39. The molecular formula is C19H28N2O5. The molecule has 1 aromatic carbocycles. The minimum Gasteiger partial charge on any atom is -0.508 e. The molecule has 3 atom stereocenters. The van der Waals surface area contributed by atoms with Crippen LogP contribution in [0.1, 0.15) is 39.7 Å². The van der Waals surface area contributed by atoms with E-state index in [1.807, 2.05) is 6.92 Å². The molecule has 144 valence electrons. The molecule has 7 nitrogen and oxygen atoms in total. The van der Waals surface area contributed by atoms with Gasteiger partial charge in [-0.2, -0.15) is 0 Å². The Morgan fingerprint density at radius 1 is 1.31 bits per heavy atom. The third-order valence-electron chi connectivity index (χ3n) is 4.71. The van der Waals surface area contributed by atoms with E-state index in [4.69, 9.17) is 10.5 Å². The van der Waals surface area contributed by atoms with Gasteiger partial charge >= 0.3 is 6.09 Å². The van der Waals surface area contributed by atoms with Gasteiger partial charge in [-0.1, -0.05) is 32.4 Å². The molecule has 26 heavy (non-hydrogen) atoms. The summed E-state index contributed by atoms with van der Waals surface area (Å²) in [7, 11) is 0. The molecule has 1 aromatic rings. The SMILES string of the molecule is CCOC(=O)N(C(=O)[C@@H](N)Cc1ccc(O)cc1)[C@](C)(C=O)[C@@H](C)CC. The highest BCUT2D eigenvalue weighted by atomic mass is 16.6.